The second-order valence-electron chi connectivity index (χ2n) is 8.82. The Morgan fingerprint density at radius 3 is 2.46 bits per heavy atom. The zero-order valence-electron chi connectivity index (χ0n) is 19.0. The molecular formula is C26H25ClN6O2. The van der Waals surface area contributed by atoms with Crippen molar-refractivity contribution in [1.82, 2.24) is 19.4 Å². The van der Waals surface area contributed by atoms with Crippen LogP contribution in [0.4, 0.5) is 11.6 Å². The monoisotopic (exact) mass is 488 g/mol. The van der Waals surface area contributed by atoms with Crippen molar-refractivity contribution < 1.29 is 9.59 Å². The molecule has 3 aromatic heterocycles. The van der Waals surface area contributed by atoms with E-state index in [1.807, 2.05) is 35.0 Å². The fourth-order valence-corrected chi connectivity index (χ4v) is 4.16. The average molecular weight is 489 g/mol. The molecule has 2 fully saturated rings. The van der Waals surface area contributed by atoms with E-state index < -0.39 is 0 Å². The van der Waals surface area contributed by atoms with E-state index in [9.17, 15) is 9.59 Å². The first-order chi connectivity index (χ1) is 17.1. The van der Waals surface area contributed by atoms with Crippen LogP contribution in [0, 0.1) is 0 Å². The highest BCUT2D eigenvalue weighted by molar-refractivity contribution is 6.30. The smallest absolute Gasteiger partial charge is 0.212 e. The standard InChI is InChI=1S/C17H16N6O2.C9H9Cl/c24-8-13-3-12(11-1-2-11)6-23-7-14(22-17(13)23)5-18-15-4-16(21-10-25)20-9-19-15;10-9-3-1-2-8(6-9)7-4-5-7/h3-4,6-11H,1-2,5H2,(H2,18,19,20,21,25);1-3,6-7H,4-5H2. The molecule has 178 valence electrons. The lowest BCUT2D eigenvalue weighted by Crippen LogP contribution is -2.04. The first kappa shape index (κ1) is 23.0. The number of nitrogens with one attached hydrogen (secondary N) is 2. The predicted octanol–water partition coefficient (Wildman–Crippen LogP) is 5.21. The van der Waals surface area contributed by atoms with Crippen molar-refractivity contribution in [2.45, 2.75) is 44.1 Å². The summed E-state index contributed by atoms with van der Waals surface area (Å²) in [6.07, 6.45) is 11.8. The Labute approximate surface area is 207 Å². The highest BCUT2D eigenvalue weighted by atomic mass is 35.5. The van der Waals surface area contributed by atoms with Crippen molar-refractivity contribution >= 4 is 41.6 Å². The predicted molar refractivity (Wildman–Crippen MR) is 135 cm³/mol. The summed E-state index contributed by atoms with van der Waals surface area (Å²) in [4.78, 5) is 34.4. The van der Waals surface area contributed by atoms with Crippen molar-refractivity contribution in [2.24, 2.45) is 0 Å². The van der Waals surface area contributed by atoms with Gasteiger partial charge in [-0.15, -0.1) is 0 Å². The molecule has 6 rings (SSSR count). The van der Waals surface area contributed by atoms with E-state index in [4.69, 9.17) is 11.6 Å². The van der Waals surface area contributed by atoms with Gasteiger partial charge < -0.3 is 15.0 Å². The third kappa shape index (κ3) is 5.84. The van der Waals surface area contributed by atoms with Crippen LogP contribution >= 0.6 is 11.6 Å². The van der Waals surface area contributed by atoms with Crippen LogP contribution in [0.3, 0.4) is 0 Å². The highest BCUT2D eigenvalue weighted by Gasteiger charge is 2.25. The normalized spacial score (nSPS) is 14.7. The van der Waals surface area contributed by atoms with E-state index in [2.05, 4.69) is 37.7 Å². The average Bonchev–Trinajstić information content (AvgIpc) is 3.79. The maximum absolute atomic E-state index is 11.4. The summed E-state index contributed by atoms with van der Waals surface area (Å²) in [6, 6.07) is 11.7. The number of hydrogen-bond donors (Lipinski definition) is 2. The highest BCUT2D eigenvalue weighted by Crippen LogP contribution is 2.41. The zero-order chi connectivity index (χ0) is 24.2. The van der Waals surface area contributed by atoms with Gasteiger partial charge in [-0.1, -0.05) is 23.7 Å². The number of hydrogen-bond acceptors (Lipinski definition) is 6. The van der Waals surface area contributed by atoms with Gasteiger partial charge in [0.2, 0.25) is 6.41 Å². The number of carbonyl (C=O) groups excluding carboxylic acids is 2. The van der Waals surface area contributed by atoms with Crippen molar-refractivity contribution in [3.05, 3.63) is 82.5 Å². The van der Waals surface area contributed by atoms with Gasteiger partial charge in [0.1, 0.15) is 23.6 Å². The van der Waals surface area contributed by atoms with Crippen LogP contribution < -0.4 is 10.6 Å². The lowest BCUT2D eigenvalue weighted by Gasteiger charge is -2.04. The summed E-state index contributed by atoms with van der Waals surface area (Å²) in [6.45, 7) is 0.441. The van der Waals surface area contributed by atoms with Crippen molar-refractivity contribution in [3.8, 4) is 0 Å². The quantitative estimate of drug-likeness (QED) is 0.330. The number of nitrogens with zero attached hydrogens (tertiary/aromatic N) is 4. The van der Waals surface area contributed by atoms with Gasteiger partial charge in [-0.05, 0) is 66.8 Å². The van der Waals surface area contributed by atoms with E-state index >= 15 is 0 Å². The molecule has 1 aromatic carbocycles. The molecule has 0 spiro atoms. The van der Waals surface area contributed by atoms with E-state index in [0.717, 1.165) is 22.9 Å². The molecule has 0 aliphatic heterocycles. The lowest BCUT2D eigenvalue weighted by atomic mass is 10.1. The second-order valence-corrected chi connectivity index (χ2v) is 9.25. The number of anilines is 2. The van der Waals surface area contributed by atoms with Gasteiger partial charge in [0.15, 0.2) is 6.29 Å². The number of benzene rings is 1. The Morgan fingerprint density at radius 2 is 1.74 bits per heavy atom. The number of aromatic nitrogens is 4. The summed E-state index contributed by atoms with van der Waals surface area (Å²) in [7, 11) is 0. The topological polar surface area (TPSA) is 101 Å². The second kappa shape index (κ2) is 10.2. The number of amides is 1. The van der Waals surface area contributed by atoms with E-state index in [1.165, 1.54) is 43.1 Å². The van der Waals surface area contributed by atoms with Crippen LogP contribution in [-0.4, -0.2) is 32.0 Å². The molecule has 0 saturated heterocycles. The Balaban J connectivity index is 0.000000211. The molecule has 35 heavy (non-hydrogen) atoms. The largest absolute Gasteiger partial charge is 0.364 e. The van der Waals surface area contributed by atoms with Crippen LogP contribution in [0.15, 0.2) is 55.1 Å². The van der Waals surface area contributed by atoms with Crippen LogP contribution in [0.25, 0.3) is 5.65 Å². The SMILES string of the molecule is Clc1cccc(C2CC2)c1.O=CNc1cc(NCc2cn3cc(C4CC4)cc(C=O)c3n2)ncn1. The minimum absolute atomic E-state index is 0.416. The number of pyridine rings is 1. The Bertz CT molecular complexity index is 1360. The first-order valence-electron chi connectivity index (χ1n) is 11.6. The van der Waals surface area contributed by atoms with E-state index in [1.54, 1.807) is 6.07 Å². The maximum Gasteiger partial charge on any atom is 0.212 e. The molecule has 1 amide bonds. The number of fused-ring (bicyclic) bond motifs is 1. The molecule has 2 saturated carbocycles. The molecule has 2 aliphatic carbocycles. The van der Waals surface area contributed by atoms with Gasteiger partial charge >= 0.3 is 0 Å². The van der Waals surface area contributed by atoms with Crippen molar-refractivity contribution in [2.75, 3.05) is 10.6 Å². The molecular weight excluding hydrogens is 464 g/mol. The third-order valence-electron chi connectivity index (χ3n) is 6.05. The molecule has 0 radical (unpaired) electrons. The third-order valence-corrected chi connectivity index (χ3v) is 6.28. The van der Waals surface area contributed by atoms with Gasteiger partial charge in [0, 0.05) is 23.5 Å². The maximum atomic E-state index is 11.4. The molecule has 3 heterocycles. The van der Waals surface area contributed by atoms with E-state index in [0.29, 0.717) is 41.7 Å². The Kier molecular flexibility index (Phi) is 6.72. The summed E-state index contributed by atoms with van der Waals surface area (Å²) < 4.78 is 1.91. The van der Waals surface area contributed by atoms with Crippen molar-refractivity contribution in [3.63, 3.8) is 0 Å². The first-order valence-corrected chi connectivity index (χ1v) is 12.0. The number of imidazole rings is 1. The van der Waals surface area contributed by atoms with Crippen LogP contribution in [-0.2, 0) is 11.3 Å². The summed E-state index contributed by atoms with van der Waals surface area (Å²) in [5, 5.41) is 6.48. The summed E-state index contributed by atoms with van der Waals surface area (Å²) >= 11 is 5.82. The number of carbonyl (C=O) groups is 2. The molecule has 2 aliphatic rings. The lowest BCUT2D eigenvalue weighted by molar-refractivity contribution is -0.105. The zero-order valence-corrected chi connectivity index (χ0v) is 19.8. The van der Waals surface area contributed by atoms with Crippen LogP contribution in [0.2, 0.25) is 5.02 Å². The van der Waals surface area contributed by atoms with Gasteiger partial charge in [0.25, 0.3) is 0 Å². The number of rotatable bonds is 8. The number of halogens is 1. The molecule has 0 unspecified atom stereocenters. The molecule has 0 bridgehead atoms. The van der Waals surface area contributed by atoms with Gasteiger partial charge in [-0.2, -0.15) is 0 Å². The van der Waals surface area contributed by atoms with Crippen molar-refractivity contribution in [1.29, 1.82) is 0 Å². The van der Waals surface area contributed by atoms with Gasteiger partial charge in [-0.25, -0.2) is 15.0 Å². The summed E-state index contributed by atoms with van der Waals surface area (Å²) in [5.74, 6) is 2.38. The fourth-order valence-electron chi connectivity index (χ4n) is 3.96. The van der Waals surface area contributed by atoms with Crippen LogP contribution in [0.1, 0.15) is 64.7 Å². The fraction of sp³-hybridized carbons (Fsp3) is 0.269. The molecule has 0 atom stereocenters. The molecule has 9 heteroatoms. The van der Waals surface area contributed by atoms with Crippen LogP contribution in [0.5, 0.6) is 0 Å². The minimum Gasteiger partial charge on any atom is -0.364 e. The molecule has 4 aromatic rings. The summed E-state index contributed by atoms with van der Waals surface area (Å²) in [5.41, 5.74) is 4.65. The minimum atomic E-state index is 0.416. The molecule has 8 nitrogen and oxygen atoms in total. The van der Waals surface area contributed by atoms with Gasteiger partial charge in [-0.3, -0.25) is 9.59 Å². The Morgan fingerprint density at radius 1 is 0.971 bits per heavy atom. The molecule has 2 N–H and O–H groups in total. The van der Waals surface area contributed by atoms with E-state index in [-0.39, 0.29) is 0 Å². The number of aldehydes is 1. The Hall–Kier alpha value is -3.78. The van der Waals surface area contributed by atoms with Gasteiger partial charge in [0.05, 0.1) is 17.8 Å².